The predicted molar refractivity (Wildman–Crippen MR) is 89.2 cm³/mol. The third-order valence-corrected chi connectivity index (χ3v) is 5.03. The average molecular weight is 311 g/mol. The second kappa shape index (κ2) is 5.65. The number of allylic oxidation sites excluding steroid dienone is 1. The lowest BCUT2D eigenvalue weighted by molar-refractivity contribution is -0.123. The molecule has 0 saturated heterocycles. The van der Waals surface area contributed by atoms with Crippen molar-refractivity contribution < 1.29 is 9.59 Å². The topological polar surface area (TPSA) is 78.0 Å². The van der Waals surface area contributed by atoms with Crippen LogP contribution in [0.25, 0.3) is 11.0 Å². The van der Waals surface area contributed by atoms with E-state index in [-0.39, 0.29) is 11.8 Å². The van der Waals surface area contributed by atoms with Crippen LogP contribution in [0, 0.1) is 5.41 Å². The third kappa shape index (κ3) is 2.46. The highest BCUT2D eigenvalue weighted by molar-refractivity contribution is 5.87. The number of aromatic nitrogens is 2. The molecular formula is C18H21N3O2. The molecule has 1 amide bonds. The van der Waals surface area contributed by atoms with Gasteiger partial charge in [0.25, 0.3) is 0 Å². The van der Waals surface area contributed by atoms with Crippen molar-refractivity contribution in [1.29, 1.82) is 0 Å². The molecule has 0 radical (unpaired) electrons. The molecule has 120 valence electrons. The summed E-state index contributed by atoms with van der Waals surface area (Å²) in [6, 6.07) is 5.74. The maximum absolute atomic E-state index is 11.8. The van der Waals surface area contributed by atoms with E-state index in [0.717, 1.165) is 42.3 Å². The van der Waals surface area contributed by atoms with E-state index >= 15 is 0 Å². The number of aryl methyl sites for hydroxylation is 1. The summed E-state index contributed by atoms with van der Waals surface area (Å²) in [5.74, 6) is -0.269. The summed E-state index contributed by atoms with van der Waals surface area (Å²) >= 11 is 0. The monoisotopic (exact) mass is 311 g/mol. The summed E-state index contributed by atoms with van der Waals surface area (Å²) in [7, 11) is 0. The molecule has 2 aromatic rings. The van der Waals surface area contributed by atoms with Crippen molar-refractivity contribution in [2.45, 2.75) is 38.6 Å². The van der Waals surface area contributed by atoms with Crippen LogP contribution < -0.4 is 5.73 Å². The molecule has 0 aromatic carbocycles. The van der Waals surface area contributed by atoms with Crippen LogP contribution in [0.3, 0.4) is 0 Å². The zero-order chi connectivity index (χ0) is 16.6. The SMILES string of the molecule is C=CCCn1c(C=O)cc2ccc([C@H](C)C3(C(N)=O)CC3)nc21. The Hall–Kier alpha value is -2.43. The Kier molecular flexibility index (Phi) is 3.80. The summed E-state index contributed by atoms with van der Waals surface area (Å²) in [5.41, 5.74) is 7.36. The molecular weight excluding hydrogens is 290 g/mol. The molecule has 1 aliphatic carbocycles. The van der Waals surface area contributed by atoms with Crippen LogP contribution in [0.2, 0.25) is 0 Å². The lowest BCUT2D eigenvalue weighted by atomic mass is 9.87. The maximum Gasteiger partial charge on any atom is 0.224 e. The zero-order valence-corrected chi connectivity index (χ0v) is 13.3. The quantitative estimate of drug-likeness (QED) is 0.631. The first-order valence-electron chi connectivity index (χ1n) is 7.89. The molecule has 0 spiro atoms. The number of primary amides is 1. The van der Waals surface area contributed by atoms with Gasteiger partial charge < -0.3 is 10.3 Å². The lowest BCUT2D eigenvalue weighted by Gasteiger charge is -2.20. The van der Waals surface area contributed by atoms with Crippen molar-refractivity contribution in [1.82, 2.24) is 9.55 Å². The average Bonchev–Trinajstić information content (AvgIpc) is 3.29. The van der Waals surface area contributed by atoms with E-state index in [9.17, 15) is 9.59 Å². The Labute approximate surface area is 135 Å². The van der Waals surface area contributed by atoms with Crippen LogP contribution in [0.1, 0.15) is 48.3 Å². The summed E-state index contributed by atoms with van der Waals surface area (Å²) in [5, 5.41) is 0.927. The standard InChI is InChI=1S/C18H21N3O2/c1-3-4-9-21-14(11-22)10-13-5-6-15(20-16(13)21)12(2)18(7-8-18)17(19)23/h3,5-6,10-12H,1,4,7-9H2,2H3,(H2,19,23)/t12-/m0/s1. The summed E-state index contributed by atoms with van der Waals surface area (Å²) < 4.78 is 1.91. The van der Waals surface area contributed by atoms with Gasteiger partial charge in [0, 0.05) is 23.5 Å². The molecule has 2 heterocycles. The van der Waals surface area contributed by atoms with Crippen molar-refractivity contribution in [2.75, 3.05) is 0 Å². The zero-order valence-electron chi connectivity index (χ0n) is 13.3. The van der Waals surface area contributed by atoms with Gasteiger partial charge in [-0.25, -0.2) is 4.98 Å². The van der Waals surface area contributed by atoms with Gasteiger partial charge in [-0.15, -0.1) is 6.58 Å². The Balaban J connectivity index is 2.05. The molecule has 2 aromatic heterocycles. The van der Waals surface area contributed by atoms with Crippen LogP contribution in [-0.4, -0.2) is 21.7 Å². The minimum atomic E-state index is -0.452. The fourth-order valence-corrected chi connectivity index (χ4v) is 3.27. The Morgan fingerprint density at radius 3 is 2.83 bits per heavy atom. The summed E-state index contributed by atoms with van der Waals surface area (Å²) in [4.78, 5) is 27.8. The number of hydrogen-bond acceptors (Lipinski definition) is 3. The van der Waals surface area contributed by atoms with Crippen LogP contribution in [0.4, 0.5) is 0 Å². The molecule has 23 heavy (non-hydrogen) atoms. The number of hydrogen-bond donors (Lipinski definition) is 1. The van der Waals surface area contributed by atoms with Crippen LogP contribution in [0.15, 0.2) is 30.9 Å². The number of carbonyl (C=O) groups is 2. The Morgan fingerprint density at radius 1 is 1.52 bits per heavy atom. The number of nitrogens with zero attached hydrogens (tertiary/aromatic N) is 2. The van der Waals surface area contributed by atoms with Gasteiger partial charge in [-0.2, -0.15) is 0 Å². The molecule has 2 N–H and O–H groups in total. The van der Waals surface area contributed by atoms with Gasteiger partial charge in [0.05, 0.1) is 11.1 Å². The fourth-order valence-electron chi connectivity index (χ4n) is 3.27. The highest BCUT2D eigenvalue weighted by Gasteiger charge is 2.53. The highest BCUT2D eigenvalue weighted by Crippen LogP contribution is 2.55. The number of fused-ring (bicyclic) bond motifs is 1. The van der Waals surface area contributed by atoms with E-state index in [2.05, 4.69) is 6.58 Å². The van der Waals surface area contributed by atoms with Crippen LogP contribution in [0.5, 0.6) is 0 Å². The van der Waals surface area contributed by atoms with E-state index in [4.69, 9.17) is 10.7 Å². The summed E-state index contributed by atoms with van der Waals surface area (Å²) in [6.07, 6.45) is 5.07. The van der Waals surface area contributed by atoms with Gasteiger partial charge >= 0.3 is 0 Å². The number of aldehydes is 1. The molecule has 0 aliphatic heterocycles. The largest absolute Gasteiger partial charge is 0.369 e. The molecule has 5 heteroatoms. The van der Waals surface area contributed by atoms with Gasteiger partial charge in [-0.3, -0.25) is 9.59 Å². The van der Waals surface area contributed by atoms with Crippen LogP contribution >= 0.6 is 0 Å². The van der Waals surface area contributed by atoms with E-state index in [1.165, 1.54) is 0 Å². The van der Waals surface area contributed by atoms with E-state index in [1.54, 1.807) is 0 Å². The van der Waals surface area contributed by atoms with Crippen molar-refractivity contribution in [2.24, 2.45) is 11.1 Å². The molecule has 0 unspecified atom stereocenters. The van der Waals surface area contributed by atoms with Gasteiger partial charge in [-0.1, -0.05) is 13.0 Å². The van der Waals surface area contributed by atoms with E-state index in [1.807, 2.05) is 35.8 Å². The van der Waals surface area contributed by atoms with E-state index in [0.29, 0.717) is 12.2 Å². The molecule has 1 saturated carbocycles. The van der Waals surface area contributed by atoms with Crippen molar-refractivity contribution in [3.05, 3.63) is 42.2 Å². The number of pyridine rings is 1. The molecule has 3 rings (SSSR count). The maximum atomic E-state index is 11.8. The fraction of sp³-hybridized carbons (Fsp3) is 0.389. The van der Waals surface area contributed by atoms with Gasteiger partial charge in [0.15, 0.2) is 6.29 Å². The summed E-state index contributed by atoms with van der Waals surface area (Å²) in [6.45, 7) is 6.39. The third-order valence-electron chi connectivity index (χ3n) is 5.03. The predicted octanol–water partition coefficient (Wildman–Crippen LogP) is 2.79. The number of nitrogens with two attached hydrogens (primary N) is 1. The first-order chi connectivity index (χ1) is 11.0. The van der Waals surface area contributed by atoms with Crippen molar-refractivity contribution in [3.63, 3.8) is 0 Å². The molecule has 1 aliphatic rings. The number of carbonyl (C=O) groups excluding carboxylic acids is 2. The number of rotatable bonds is 7. The van der Waals surface area contributed by atoms with Gasteiger partial charge in [0.1, 0.15) is 5.65 Å². The smallest absolute Gasteiger partial charge is 0.224 e. The van der Waals surface area contributed by atoms with E-state index < -0.39 is 5.41 Å². The highest BCUT2D eigenvalue weighted by atomic mass is 16.1. The minimum absolute atomic E-state index is 0.0214. The van der Waals surface area contributed by atoms with Gasteiger partial charge in [0.2, 0.25) is 5.91 Å². The first-order valence-corrected chi connectivity index (χ1v) is 7.89. The second-order valence-corrected chi connectivity index (χ2v) is 6.31. The van der Waals surface area contributed by atoms with Gasteiger partial charge in [-0.05, 0) is 37.5 Å². The Bertz CT molecular complexity index is 787. The van der Waals surface area contributed by atoms with Crippen molar-refractivity contribution in [3.8, 4) is 0 Å². The van der Waals surface area contributed by atoms with Crippen LogP contribution in [-0.2, 0) is 11.3 Å². The molecule has 1 fully saturated rings. The molecule has 0 bridgehead atoms. The number of amides is 1. The second-order valence-electron chi connectivity index (χ2n) is 6.31. The molecule has 5 nitrogen and oxygen atoms in total. The normalized spacial score (nSPS) is 16.9. The Morgan fingerprint density at radius 2 is 2.26 bits per heavy atom. The first kappa shape index (κ1) is 15.5. The lowest BCUT2D eigenvalue weighted by Crippen LogP contribution is -2.29. The molecule has 1 atom stereocenters. The minimum Gasteiger partial charge on any atom is -0.369 e. The van der Waals surface area contributed by atoms with Crippen molar-refractivity contribution >= 4 is 23.2 Å².